The Morgan fingerprint density at radius 1 is 0.833 bits per heavy atom. The van der Waals surface area contributed by atoms with Gasteiger partial charge in [0.05, 0.1) is 0 Å². The van der Waals surface area contributed by atoms with Gasteiger partial charge in [-0.2, -0.15) is 0 Å². The molecule has 0 fully saturated rings. The third-order valence-electron chi connectivity index (χ3n) is 4.87. The SMILES string of the molecule is CCN(CC)CCCCc1cc(C(C)(C)C)c(O)c(C(C)(C)C)c1. The third-order valence-corrected chi connectivity index (χ3v) is 4.87. The van der Waals surface area contributed by atoms with Crippen molar-refractivity contribution < 1.29 is 5.11 Å². The molecule has 1 aromatic rings. The van der Waals surface area contributed by atoms with Crippen molar-refractivity contribution in [3.63, 3.8) is 0 Å². The lowest BCUT2D eigenvalue weighted by atomic mass is 9.78. The molecule has 138 valence electrons. The number of phenolic OH excluding ortho intramolecular Hbond substituents is 1. The summed E-state index contributed by atoms with van der Waals surface area (Å²) in [6.45, 7) is 21.0. The Kier molecular flexibility index (Phi) is 7.34. The van der Waals surface area contributed by atoms with E-state index in [-0.39, 0.29) is 10.8 Å². The molecule has 0 atom stereocenters. The summed E-state index contributed by atoms with van der Waals surface area (Å²) in [7, 11) is 0. The van der Waals surface area contributed by atoms with Gasteiger partial charge >= 0.3 is 0 Å². The van der Waals surface area contributed by atoms with Crippen LogP contribution < -0.4 is 0 Å². The van der Waals surface area contributed by atoms with Crippen LogP contribution in [0.15, 0.2) is 12.1 Å². The number of hydrogen-bond acceptors (Lipinski definition) is 2. The van der Waals surface area contributed by atoms with E-state index in [1.54, 1.807) is 0 Å². The van der Waals surface area contributed by atoms with Crippen LogP contribution in [0.4, 0.5) is 0 Å². The first-order valence-corrected chi connectivity index (χ1v) is 9.59. The molecule has 0 radical (unpaired) electrons. The van der Waals surface area contributed by atoms with Crippen LogP contribution in [0.5, 0.6) is 5.75 Å². The van der Waals surface area contributed by atoms with Crippen molar-refractivity contribution in [2.45, 2.75) is 85.5 Å². The maximum absolute atomic E-state index is 10.8. The van der Waals surface area contributed by atoms with Gasteiger partial charge in [0.1, 0.15) is 5.75 Å². The quantitative estimate of drug-likeness (QED) is 0.652. The maximum Gasteiger partial charge on any atom is 0.123 e. The molecular formula is C22H39NO. The van der Waals surface area contributed by atoms with Gasteiger partial charge in [0.15, 0.2) is 0 Å². The minimum atomic E-state index is -0.0404. The van der Waals surface area contributed by atoms with Gasteiger partial charge < -0.3 is 10.0 Å². The molecule has 1 rings (SSSR count). The molecule has 2 nitrogen and oxygen atoms in total. The van der Waals surface area contributed by atoms with Crippen LogP contribution in [0.2, 0.25) is 0 Å². The average Bonchev–Trinajstić information content (AvgIpc) is 2.46. The minimum Gasteiger partial charge on any atom is -0.507 e. The zero-order valence-electron chi connectivity index (χ0n) is 17.3. The van der Waals surface area contributed by atoms with Crippen molar-refractivity contribution in [2.24, 2.45) is 0 Å². The lowest BCUT2D eigenvalue weighted by molar-refractivity contribution is 0.297. The van der Waals surface area contributed by atoms with Crippen molar-refractivity contribution in [2.75, 3.05) is 19.6 Å². The van der Waals surface area contributed by atoms with Gasteiger partial charge in [0.25, 0.3) is 0 Å². The number of aromatic hydroxyl groups is 1. The maximum atomic E-state index is 10.8. The van der Waals surface area contributed by atoms with Crippen LogP contribution >= 0.6 is 0 Å². The van der Waals surface area contributed by atoms with Crippen molar-refractivity contribution in [1.82, 2.24) is 4.90 Å². The second-order valence-electron chi connectivity index (χ2n) is 9.02. The van der Waals surface area contributed by atoms with Gasteiger partial charge in [0.2, 0.25) is 0 Å². The number of aryl methyl sites for hydroxylation is 1. The monoisotopic (exact) mass is 333 g/mol. The Morgan fingerprint density at radius 2 is 1.29 bits per heavy atom. The molecule has 24 heavy (non-hydrogen) atoms. The highest BCUT2D eigenvalue weighted by Crippen LogP contribution is 2.40. The first-order chi connectivity index (χ1) is 11.0. The van der Waals surface area contributed by atoms with Crippen LogP contribution in [-0.2, 0) is 17.3 Å². The average molecular weight is 334 g/mol. The molecule has 0 unspecified atom stereocenters. The predicted molar refractivity (Wildman–Crippen MR) is 106 cm³/mol. The fraction of sp³-hybridized carbons (Fsp3) is 0.727. The lowest BCUT2D eigenvalue weighted by Gasteiger charge is -2.28. The number of nitrogens with zero attached hydrogens (tertiary/aromatic N) is 1. The van der Waals surface area contributed by atoms with Crippen molar-refractivity contribution in [3.8, 4) is 5.75 Å². The molecular weight excluding hydrogens is 294 g/mol. The first kappa shape index (κ1) is 21.0. The van der Waals surface area contributed by atoms with E-state index in [0.717, 1.165) is 30.6 Å². The summed E-state index contributed by atoms with van der Waals surface area (Å²) in [5, 5.41) is 10.8. The fourth-order valence-electron chi connectivity index (χ4n) is 3.19. The molecule has 0 aliphatic carbocycles. The van der Waals surface area contributed by atoms with Gasteiger partial charge in [-0.3, -0.25) is 0 Å². The van der Waals surface area contributed by atoms with Crippen LogP contribution in [-0.4, -0.2) is 29.6 Å². The van der Waals surface area contributed by atoms with Crippen LogP contribution in [0, 0.1) is 0 Å². The minimum absolute atomic E-state index is 0.0404. The molecule has 1 aromatic carbocycles. The Balaban J connectivity index is 2.95. The van der Waals surface area contributed by atoms with Gasteiger partial charge in [-0.25, -0.2) is 0 Å². The standard InChI is InChI=1S/C22H39NO/c1-9-23(10-2)14-12-11-13-17-15-18(21(3,4)5)20(24)19(16-17)22(6,7)8/h15-16,24H,9-14H2,1-8H3. The molecule has 2 heteroatoms. The summed E-state index contributed by atoms with van der Waals surface area (Å²) in [5.41, 5.74) is 3.44. The number of phenols is 1. The number of rotatable bonds is 7. The zero-order valence-corrected chi connectivity index (χ0v) is 17.3. The van der Waals surface area contributed by atoms with Crippen molar-refractivity contribution >= 4 is 0 Å². The number of benzene rings is 1. The summed E-state index contributed by atoms with van der Waals surface area (Å²) in [5.74, 6) is 0.488. The summed E-state index contributed by atoms with van der Waals surface area (Å²) in [6.07, 6.45) is 3.53. The molecule has 0 bridgehead atoms. The van der Waals surface area contributed by atoms with Gasteiger partial charge in [-0.05, 0) is 66.4 Å². The summed E-state index contributed by atoms with van der Waals surface area (Å²) < 4.78 is 0. The number of hydrogen-bond donors (Lipinski definition) is 1. The highest BCUT2D eigenvalue weighted by atomic mass is 16.3. The topological polar surface area (TPSA) is 23.5 Å². The molecule has 0 aromatic heterocycles. The highest BCUT2D eigenvalue weighted by Gasteiger charge is 2.26. The zero-order chi connectivity index (χ0) is 18.5. The highest BCUT2D eigenvalue weighted by molar-refractivity contribution is 5.49. The van der Waals surface area contributed by atoms with Gasteiger partial charge in [0, 0.05) is 0 Å². The Hall–Kier alpha value is -1.02. The summed E-state index contributed by atoms with van der Waals surface area (Å²) in [4.78, 5) is 2.48. The largest absolute Gasteiger partial charge is 0.507 e. The molecule has 0 saturated heterocycles. The smallest absolute Gasteiger partial charge is 0.123 e. The molecule has 0 amide bonds. The Bertz CT molecular complexity index is 481. The van der Waals surface area contributed by atoms with Crippen molar-refractivity contribution in [1.29, 1.82) is 0 Å². The van der Waals surface area contributed by atoms with E-state index in [2.05, 4.69) is 72.4 Å². The molecule has 0 aliphatic rings. The second-order valence-corrected chi connectivity index (χ2v) is 9.02. The van der Waals surface area contributed by atoms with E-state index in [4.69, 9.17) is 0 Å². The van der Waals surface area contributed by atoms with E-state index in [1.165, 1.54) is 24.9 Å². The van der Waals surface area contributed by atoms with E-state index in [1.807, 2.05) is 0 Å². The van der Waals surface area contributed by atoms with Crippen LogP contribution in [0.3, 0.4) is 0 Å². The predicted octanol–water partition coefficient (Wildman–Crippen LogP) is 5.65. The summed E-state index contributed by atoms with van der Waals surface area (Å²) >= 11 is 0. The molecule has 0 spiro atoms. The molecule has 1 N–H and O–H groups in total. The van der Waals surface area contributed by atoms with E-state index in [0.29, 0.717) is 5.75 Å². The second kappa shape index (κ2) is 8.38. The van der Waals surface area contributed by atoms with E-state index in [9.17, 15) is 5.11 Å². The Morgan fingerprint density at radius 3 is 1.67 bits per heavy atom. The fourth-order valence-corrected chi connectivity index (χ4v) is 3.19. The van der Waals surface area contributed by atoms with Crippen LogP contribution in [0.1, 0.15) is 84.9 Å². The number of unbranched alkanes of at least 4 members (excludes halogenated alkanes) is 1. The van der Waals surface area contributed by atoms with Crippen molar-refractivity contribution in [3.05, 3.63) is 28.8 Å². The molecule has 0 heterocycles. The molecule has 0 aliphatic heterocycles. The summed E-state index contributed by atoms with van der Waals surface area (Å²) in [6, 6.07) is 4.45. The first-order valence-electron chi connectivity index (χ1n) is 9.59. The third kappa shape index (κ3) is 5.81. The van der Waals surface area contributed by atoms with E-state index < -0.39 is 0 Å². The van der Waals surface area contributed by atoms with E-state index >= 15 is 0 Å². The molecule has 0 saturated carbocycles. The normalized spacial score (nSPS) is 12.9. The lowest BCUT2D eigenvalue weighted by Crippen LogP contribution is -2.24. The van der Waals surface area contributed by atoms with Gasteiger partial charge in [-0.15, -0.1) is 0 Å². The van der Waals surface area contributed by atoms with Gasteiger partial charge in [-0.1, -0.05) is 67.5 Å². The Labute approximate surface area is 150 Å². The van der Waals surface area contributed by atoms with Crippen LogP contribution in [0.25, 0.3) is 0 Å².